The molecular weight excluding hydrogens is 659 g/mol. The van der Waals surface area contributed by atoms with Gasteiger partial charge in [-0.15, -0.1) is 0 Å². The van der Waals surface area contributed by atoms with Gasteiger partial charge >= 0.3 is 0 Å². The molecule has 0 saturated carbocycles. The molecule has 8 nitrogen and oxygen atoms in total. The van der Waals surface area contributed by atoms with E-state index in [-0.39, 0.29) is 19.1 Å². The van der Waals surface area contributed by atoms with Crippen LogP contribution in [0.3, 0.4) is 0 Å². The molecule has 0 aliphatic heterocycles. The Morgan fingerprint density at radius 1 is 0.706 bits per heavy atom. The Labute approximate surface area is 314 Å². The third-order valence-corrected chi connectivity index (χ3v) is 9.80. The molecule has 0 radical (unpaired) electrons. The van der Waals surface area contributed by atoms with Crippen molar-refractivity contribution in [2.24, 2.45) is 0 Å². The lowest BCUT2D eigenvalue weighted by molar-refractivity contribution is -0.870. The van der Waals surface area contributed by atoms with E-state index in [0.29, 0.717) is 23.9 Å². The average molecular weight is 739 g/mol. The van der Waals surface area contributed by atoms with Crippen LogP contribution in [0, 0.1) is 0 Å². The average Bonchev–Trinajstić information content (AvgIpc) is 3.07. The van der Waals surface area contributed by atoms with Crippen LogP contribution in [0.4, 0.5) is 0 Å². The second kappa shape index (κ2) is 34.2. The molecule has 0 heterocycles. The van der Waals surface area contributed by atoms with E-state index in [0.717, 1.165) is 70.6 Å². The Morgan fingerprint density at radius 2 is 1.20 bits per heavy atom. The topological polar surface area (TPSA) is 108 Å². The number of carbonyl (C=O) groups excluding carboxylic acids is 1. The maximum Gasteiger partial charge on any atom is 0.268 e. The SMILES string of the molecule is CC/C=C\C/C=C\C/C=C\C/C=C\CCCCCCCCCCCCCCC(=O)NC(COP(=O)([O-])OCC[N+](C)(C)C)C(O)CCCCCC. The number of aliphatic hydroxyl groups excluding tert-OH is 1. The van der Waals surface area contributed by atoms with E-state index in [9.17, 15) is 19.4 Å². The summed E-state index contributed by atoms with van der Waals surface area (Å²) in [5.41, 5.74) is 0. The molecule has 3 atom stereocenters. The first-order valence-electron chi connectivity index (χ1n) is 20.5. The fourth-order valence-electron chi connectivity index (χ4n) is 5.56. The molecule has 0 bridgehead atoms. The number of nitrogens with zero attached hydrogens (tertiary/aromatic N) is 1. The Balaban J connectivity index is 3.99. The highest BCUT2D eigenvalue weighted by atomic mass is 31.2. The molecule has 0 spiro atoms. The molecule has 0 aliphatic rings. The molecule has 298 valence electrons. The molecular formula is C42H79N2O6P. The number of nitrogens with one attached hydrogen (secondary N) is 1. The summed E-state index contributed by atoms with van der Waals surface area (Å²) in [7, 11) is 1.29. The smallest absolute Gasteiger partial charge is 0.268 e. The number of phosphoric ester groups is 1. The van der Waals surface area contributed by atoms with Crippen molar-refractivity contribution in [2.75, 3.05) is 40.9 Å². The minimum atomic E-state index is -4.54. The van der Waals surface area contributed by atoms with Gasteiger partial charge in [-0.05, 0) is 51.4 Å². The molecule has 0 aromatic carbocycles. The number of allylic oxidation sites excluding steroid dienone is 8. The van der Waals surface area contributed by atoms with Crippen molar-refractivity contribution in [3.8, 4) is 0 Å². The minimum Gasteiger partial charge on any atom is -0.756 e. The summed E-state index contributed by atoms with van der Waals surface area (Å²) in [6, 6.07) is -0.797. The third kappa shape index (κ3) is 36.6. The summed E-state index contributed by atoms with van der Waals surface area (Å²) in [4.78, 5) is 25.0. The fourth-order valence-corrected chi connectivity index (χ4v) is 6.28. The Kier molecular flexibility index (Phi) is 33.2. The van der Waals surface area contributed by atoms with Crippen LogP contribution >= 0.6 is 7.82 Å². The first kappa shape index (κ1) is 49.5. The van der Waals surface area contributed by atoms with Crippen LogP contribution in [0.15, 0.2) is 48.6 Å². The summed E-state index contributed by atoms with van der Waals surface area (Å²) in [5.74, 6) is -0.179. The van der Waals surface area contributed by atoms with Gasteiger partial charge in [0, 0.05) is 6.42 Å². The van der Waals surface area contributed by atoms with Crippen molar-refractivity contribution in [3.63, 3.8) is 0 Å². The van der Waals surface area contributed by atoms with Crippen molar-refractivity contribution in [2.45, 2.75) is 174 Å². The monoisotopic (exact) mass is 739 g/mol. The molecule has 51 heavy (non-hydrogen) atoms. The molecule has 1 amide bonds. The van der Waals surface area contributed by atoms with Crippen molar-refractivity contribution in [1.29, 1.82) is 0 Å². The van der Waals surface area contributed by atoms with Crippen LogP contribution in [0.1, 0.15) is 162 Å². The lowest BCUT2D eigenvalue weighted by Crippen LogP contribution is -2.46. The number of amides is 1. The summed E-state index contributed by atoms with van der Waals surface area (Å²) < 4.78 is 23.0. The van der Waals surface area contributed by atoms with E-state index in [1.165, 1.54) is 64.2 Å². The molecule has 0 aromatic heterocycles. The maximum absolute atomic E-state index is 12.7. The van der Waals surface area contributed by atoms with Gasteiger partial charge in [-0.25, -0.2) is 0 Å². The summed E-state index contributed by atoms with van der Waals surface area (Å²) in [6.45, 7) is 4.46. The van der Waals surface area contributed by atoms with Gasteiger partial charge in [0.15, 0.2) is 0 Å². The zero-order chi connectivity index (χ0) is 37.9. The Hall–Kier alpha value is -1.54. The zero-order valence-electron chi connectivity index (χ0n) is 33.5. The first-order valence-corrected chi connectivity index (χ1v) is 21.9. The maximum atomic E-state index is 12.7. The first-order chi connectivity index (χ1) is 24.5. The van der Waals surface area contributed by atoms with Gasteiger partial charge < -0.3 is 28.8 Å². The largest absolute Gasteiger partial charge is 0.756 e. The zero-order valence-corrected chi connectivity index (χ0v) is 34.4. The van der Waals surface area contributed by atoms with E-state index < -0.39 is 20.0 Å². The number of likely N-dealkylation sites (N-methyl/N-ethyl adjacent to an activating group) is 1. The second-order valence-electron chi connectivity index (χ2n) is 15.0. The van der Waals surface area contributed by atoms with Crippen molar-refractivity contribution >= 4 is 13.7 Å². The number of quaternary nitrogens is 1. The van der Waals surface area contributed by atoms with Gasteiger partial charge in [-0.1, -0.05) is 152 Å². The second-order valence-corrected chi connectivity index (χ2v) is 16.4. The van der Waals surface area contributed by atoms with Gasteiger partial charge in [0.05, 0.1) is 39.9 Å². The quantitative estimate of drug-likeness (QED) is 0.0287. The van der Waals surface area contributed by atoms with Gasteiger partial charge in [0.1, 0.15) is 13.2 Å². The van der Waals surface area contributed by atoms with Gasteiger partial charge in [-0.2, -0.15) is 0 Å². The molecule has 9 heteroatoms. The molecule has 3 unspecified atom stereocenters. The van der Waals surface area contributed by atoms with Crippen LogP contribution in [0.5, 0.6) is 0 Å². The number of hydrogen-bond donors (Lipinski definition) is 2. The van der Waals surface area contributed by atoms with E-state index in [2.05, 4.69) is 67.8 Å². The normalized spacial score (nSPS) is 15.0. The van der Waals surface area contributed by atoms with E-state index in [4.69, 9.17) is 9.05 Å². The molecule has 0 aliphatic carbocycles. The standard InChI is InChI=1S/C42H79N2O6P/c1-6-8-10-12-13-14-15-16-17-18-19-20-21-22-23-24-25-26-27-28-29-30-31-32-34-36-42(46)43-40(41(45)35-33-11-9-7-2)39-50-51(47,48)49-38-37-44(3,4)5/h8,10,13-14,16-17,19-20,40-41,45H,6-7,9,11-12,15,18,21-39H2,1-5H3,(H-,43,46,47,48)/b10-8-,14-13-,17-16-,20-19-. The van der Waals surface area contributed by atoms with Gasteiger partial charge in [0.25, 0.3) is 7.82 Å². The number of hydrogen-bond acceptors (Lipinski definition) is 6. The third-order valence-electron chi connectivity index (χ3n) is 8.83. The van der Waals surface area contributed by atoms with Crippen molar-refractivity contribution in [1.82, 2.24) is 5.32 Å². The Morgan fingerprint density at radius 3 is 1.73 bits per heavy atom. The van der Waals surface area contributed by atoms with Crippen molar-refractivity contribution in [3.05, 3.63) is 48.6 Å². The Bertz CT molecular complexity index is 975. The van der Waals surface area contributed by atoms with E-state index in [1.807, 2.05) is 21.1 Å². The van der Waals surface area contributed by atoms with Gasteiger partial charge in [0.2, 0.25) is 5.91 Å². The highest BCUT2D eigenvalue weighted by molar-refractivity contribution is 7.45. The van der Waals surface area contributed by atoms with Crippen LogP contribution in [-0.2, 0) is 18.4 Å². The predicted molar refractivity (Wildman–Crippen MR) is 214 cm³/mol. The van der Waals surface area contributed by atoms with E-state index in [1.54, 1.807) is 0 Å². The number of unbranched alkanes of at least 4 members (excludes halogenated alkanes) is 15. The number of carbonyl (C=O) groups is 1. The number of aliphatic hydroxyl groups is 1. The van der Waals surface area contributed by atoms with Crippen molar-refractivity contribution < 1.29 is 32.9 Å². The summed E-state index contributed by atoms with van der Waals surface area (Å²) >= 11 is 0. The van der Waals surface area contributed by atoms with Crippen LogP contribution in [0.2, 0.25) is 0 Å². The number of rotatable bonds is 36. The molecule has 0 saturated heterocycles. The highest BCUT2D eigenvalue weighted by Crippen LogP contribution is 2.38. The summed E-state index contributed by atoms with van der Waals surface area (Å²) in [5, 5.41) is 13.6. The molecule has 0 fully saturated rings. The summed E-state index contributed by atoms with van der Waals surface area (Å²) in [6.07, 6.45) is 41.8. The van der Waals surface area contributed by atoms with Crippen LogP contribution in [-0.4, -0.2) is 68.5 Å². The van der Waals surface area contributed by atoms with E-state index >= 15 is 0 Å². The van der Waals surface area contributed by atoms with Crippen LogP contribution in [0.25, 0.3) is 0 Å². The number of phosphoric acid groups is 1. The lowest BCUT2D eigenvalue weighted by Gasteiger charge is -2.30. The van der Waals surface area contributed by atoms with Gasteiger partial charge in [-0.3, -0.25) is 9.36 Å². The molecule has 0 aromatic rings. The van der Waals surface area contributed by atoms with Crippen LogP contribution < -0.4 is 10.2 Å². The fraction of sp³-hybridized carbons (Fsp3) is 0.786. The minimum absolute atomic E-state index is 0.00901. The lowest BCUT2D eigenvalue weighted by atomic mass is 10.0. The molecule has 2 N–H and O–H groups in total. The highest BCUT2D eigenvalue weighted by Gasteiger charge is 2.24. The predicted octanol–water partition coefficient (Wildman–Crippen LogP) is 10.3. The molecule has 0 rings (SSSR count).